The van der Waals surface area contributed by atoms with Crippen molar-refractivity contribution in [2.75, 3.05) is 13.2 Å². The summed E-state index contributed by atoms with van der Waals surface area (Å²) in [5, 5.41) is 11.1. The zero-order chi connectivity index (χ0) is 13.4. The summed E-state index contributed by atoms with van der Waals surface area (Å²) in [6.45, 7) is 11.0. The van der Waals surface area contributed by atoms with Crippen LogP contribution in [0.25, 0.3) is 0 Å². The van der Waals surface area contributed by atoms with Gasteiger partial charge in [-0.15, -0.1) is 0 Å². The van der Waals surface area contributed by atoms with E-state index in [0.717, 1.165) is 45.3 Å². The average Bonchev–Trinajstić information content (AvgIpc) is 2.11. The Morgan fingerprint density at radius 2 is 1.44 bits per heavy atom. The Morgan fingerprint density at radius 3 is 1.94 bits per heavy atom. The Kier molecular flexibility index (Phi) is 3.81. The van der Waals surface area contributed by atoms with Gasteiger partial charge in [0.1, 0.15) is 0 Å². The lowest BCUT2D eigenvalue weighted by molar-refractivity contribution is -0.105. The van der Waals surface area contributed by atoms with E-state index in [1.165, 1.54) is 6.42 Å². The summed E-state index contributed by atoms with van der Waals surface area (Å²) in [6.07, 6.45) is 6.37. The lowest BCUT2D eigenvalue weighted by Crippen LogP contribution is -2.47. The van der Waals surface area contributed by atoms with Crippen molar-refractivity contribution >= 4 is 0 Å². The van der Waals surface area contributed by atoms with Crippen molar-refractivity contribution in [1.29, 1.82) is 0 Å². The molecule has 1 saturated heterocycles. The number of rotatable bonds is 2. The van der Waals surface area contributed by atoms with Crippen LogP contribution in [0.4, 0.5) is 0 Å². The van der Waals surface area contributed by atoms with E-state index in [9.17, 15) is 5.11 Å². The molecule has 1 N–H and O–H groups in total. The molecule has 0 radical (unpaired) electrons. The topological polar surface area (TPSA) is 29.5 Å². The van der Waals surface area contributed by atoms with Gasteiger partial charge in [-0.25, -0.2) is 0 Å². The van der Waals surface area contributed by atoms with E-state index in [1.807, 2.05) is 0 Å². The van der Waals surface area contributed by atoms with E-state index in [-0.39, 0.29) is 10.8 Å². The van der Waals surface area contributed by atoms with E-state index < -0.39 is 5.60 Å². The van der Waals surface area contributed by atoms with E-state index in [4.69, 9.17) is 4.74 Å². The number of ether oxygens (including phenoxy) is 1. The summed E-state index contributed by atoms with van der Waals surface area (Å²) in [5.74, 6) is 0.661. The van der Waals surface area contributed by atoms with Crippen LogP contribution in [0.15, 0.2) is 0 Å². The average molecular weight is 254 g/mol. The molecule has 2 rings (SSSR count). The monoisotopic (exact) mass is 254 g/mol. The number of hydrogen-bond donors (Lipinski definition) is 1. The van der Waals surface area contributed by atoms with Crippen LogP contribution in [0.1, 0.15) is 66.2 Å². The molecule has 106 valence electrons. The van der Waals surface area contributed by atoms with Gasteiger partial charge < -0.3 is 9.84 Å². The summed E-state index contributed by atoms with van der Waals surface area (Å²) < 4.78 is 5.42. The Bertz CT molecular complexity index is 271. The van der Waals surface area contributed by atoms with Gasteiger partial charge in [-0.05, 0) is 55.3 Å². The smallest absolute Gasteiger partial charge is 0.0660 e. The van der Waals surface area contributed by atoms with Crippen molar-refractivity contribution < 1.29 is 9.84 Å². The third-order valence-corrected chi connectivity index (χ3v) is 4.58. The van der Waals surface area contributed by atoms with Crippen molar-refractivity contribution in [3.63, 3.8) is 0 Å². The van der Waals surface area contributed by atoms with Gasteiger partial charge in [0.05, 0.1) is 5.60 Å². The molecule has 0 bridgehead atoms. The molecular weight excluding hydrogens is 224 g/mol. The second kappa shape index (κ2) is 4.79. The van der Waals surface area contributed by atoms with Crippen molar-refractivity contribution in [3.8, 4) is 0 Å². The molecule has 0 aromatic carbocycles. The normalized spacial score (nSPS) is 31.2. The first-order valence-electron chi connectivity index (χ1n) is 7.50. The maximum absolute atomic E-state index is 11.1. The molecule has 0 unspecified atom stereocenters. The molecule has 2 fully saturated rings. The molecule has 1 heterocycles. The first kappa shape index (κ1) is 14.3. The van der Waals surface area contributed by atoms with Gasteiger partial charge in [-0.2, -0.15) is 0 Å². The predicted octanol–water partition coefficient (Wildman–Crippen LogP) is 3.77. The summed E-state index contributed by atoms with van der Waals surface area (Å²) in [7, 11) is 0. The van der Waals surface area contributed by atoms with Gasteiger partial charge >= 0.3 is 0 Å². The van der Waals surface area contributed by atoms with E-state index in [1.54, 1.807) is 0 Å². The molecule has 0 atom stereocenters. The third kappa shape index (κ3) is 3.71. The molecule has 0 aromatic heterocycles. The highest BCUT2D eigenvalue weighted by Crippen LogP contribution is 2.52. The van der Waals surface area contributed by atoms with Gasteiger partial charge in [0, 0.05) is 13.2 Å². The van der Waals surface area contributed by atoms with Gasteiger partial charge in [0.15, 0.2) is 0 Å². The molecule has 0 spiro atoms. The lowest BCUT2D eigenvalue weighted by Gasteiger charge is -2.50. The van der Waals surface area contributed by atoms with Crippen molar-refractivity contribution in [1.82, 2.24) is 0 Å². The van der Waals surface area contributed by atoms with Gasteiger partial charge in [-0.1, -0.05) is 27.7 Å². The first-order chi connectivity index (χ1) is 8.20. The maximum atomic E-state index is 11.1. The summed E-state index contributed by atoms with van der Waals surface area (Å²) in [6, 6.07) is 0. The fraction of sp³-hybridized carbons (Fsp3) is 1.00. The standard InChI is InChI=1S/C16H30O2/c1-14(2)10-15(3,4)12-16(17,11-14)9-13-5-7-18-8-6-13/h13,17H,5-12H2,1-4H3. The molecular formula is C16H30O2. The van der Waals surface area contributed by atoms with Crippen LogP contribution >= 0.6 is 0 Å². The van der Waals surface area contributed by atoms with Crippen LogP contribution < -0.4 is 0 Å². The molecule has 0 amide bonds. The molecule has 18 heavy (non-hydrogen) atoms. The van der Waals surface area contributed by atoms with Crippen molar-refractivity contribution in [2.24, 2.45) is 16.7 Å². The third-order valence-electron chi connectivity index (χ3n) is 4.58. The minimum Gasteiger partial charge on any atom is -0.390 e. The van der Waals surface area contributed by atoms with Crippen LogP contribution in [0.3, 0.4) is 0 Å². The molecule has 2 heteroatoms. The van der Waals surface area contributed by atoms with Gasteiger partial charge in [0.25, 0.3) is 0 Å². The Labute approximate surface area is 112 Å². The van der Waals surface area contributed by atoms with Gasteiger partial charge in [0.2, 0.25) is 0 Å². The molecule has 1 aliphatic carbocycles. The lowest BCUT2D eigenvalue weighted by atomic mass is 9.58. The Hall–Kier alpha value is -0.0800. The number of aliphatic hydroxyl groups is 1. The summed E-state index contributed by atoms with van der Waals surface area (Å²) in [4.78, 5) is 0. The predicted molar refractivity (Wildman–Crippen MR) is 74.5 cm³/mol. The first-order valence-corrected chi connectivity index (χ1v) is 7.50. The SMILES string of the molecule is CC1(C)CC(C)(C)CC(O)(CC2CCOCC2)C1. The van der Waals surface area contributed by atoms with Crippen LogP contribution in [-0.4, -0.2) is 23.9 Å². The van der Waals surface area contributed by atoms with E-state index in [0.29, 0.717) is 5.92 Å². The quantitative estimate of drug-likeness (QED) is 0.813. The van der Waals surface area contributed by atoms with Gasteiger partial charge in [-0.3, -0.25) is 0 Å². The zero-order valence-electron chi connectivity index (χ0n) is 12.6. The molecule has 0 aromatic rings. The zero-order valence-corrected chi connectivity index (χ0v) is 12.6. The molecule has 2 nitrogen and oxygen atoms in total. The Balaban J connectivity index is 2.04. The van der Waals surface area contributed by atoms with Crippen LogP contribution in [0, 0.1) is 16.7 Å². The van der Waals surface area contributed by atoms with Crippen molar-refractivity contribution in [3.05, 3.63) is 0 Å². The highest BCUT2D eigenvalue weighted by molar-refractivity contribution is 4.98. The molecule has 1 saturated carbocycles. The van der Waals surface area contributed by atoms with Crippen LogP contribution in [0.2, 0.25) is 0 Å². The van der Waals surface area contributed by atoms with E-state index >= 15 is 0 Å². The highest BCUT2D eigenvalue weighted by atomic mass is 16.5. The minimum atomic E-state index is -0.451. The van der Waals surface area contributed by atoms with Crippen LogP contribution in [-0.2, 0) is 4.74 Å². The molecule has 1 aliphatic heterocycles. The second-order valence-corrected chi connectivity index (χ2v) is 8.34. The van der Waals surface area contributed by atoms with Crippen LogP contribution in [0.5, 0.6) is 0 Å². The minimum absolute atomic E-state index is 0.266. The highest BCUT2D eigenvalue weighted by Gasteiger charge is 2.47. The van der Waals surface area contributed by atoms with Crippen molar-refractivity contribution in [2.45, 2.75) is 71.8 Å². The maximum Gasteiger partial charge on any atom is 0.0660 e. The molecule has 2 aliphatic rings. The number of hydrogen-bond acceptors (Lipinski definition) is 2. The second-order valence-electron chi connectivity index (χ2n) is 8.34. The van der Waals surface area contributed by atoms with E-state index in [2.05, 4.69) is 27.7 Å². The summed E-state index contributed by atoms with van der Waals surface area (Å²) >= 11 is 0. The largest absolute Gasteiger partial charge is 0.390 e. The Morgan fingerprint density at radius 1 is 0.944 bits per heavy atom. The fourth-order valence-corrected chi connectivity index (χ4v) is 4.90. The summed E-state index contributed by atoms with van der Waals surface area (Å²) in [5.41, 5.74) is 0.0800. The fourth-order valence-electron chi connectivity index (χ4n) is 4.90.